The predicted molar refractivity (Wildman–Crippen MR) is 131 cm³/mol. The van der Waals surface area contributed by atoms with Crippen LogP contribution in [0, 0.1) is 11.7 Å². The highest BCUT2D eigenvalue weighted by molar-refractivity contribution is 7.80. The van der Waals surface area contributed by atoms with E-state index in [-0.39, 0.29) is 23.8 Å². The number of carbonyl (C=O) groups is 1. The van der Waals surface area contributed by atoms with Crippen molar-refractivity contribution in [3.63, 3.8) is 0 Å². The Labute approximate surface area is 210 Å². The molecule has 2 N–H and O–H groups in total. The zero-order valence-corrected chi connectivity index (χ0v) is 20.8. The number of halogens is 4. The van der Waals surface area contributed by atoms with Crippen LogP contribution >= 0.6 is 0 Å². The number of anilines is 1. The van der Waals surface area contributed by atoms with E-state index in [0.717, 1.165) is 48.5 Å². The largest absolute Gasteiger partial charge is 0.433 e. The van der Waals surface area contributed by atoms with Gasteiger partial charge in [0.25, 0.3) is 11.3 Å². The average Bonchev–Trinajstić information content (AvgIpc) is 2.85. The molecular weight excluding hydrogens is 498 g/mol. The fourth-order valence-corrected chi connectivity index (χ4v) is 4.44. The van der Waals surface area contributed by atoms with Crippen molar-refractivity contribution in [1.29, 1.82) is 0 Å². The summed E-state index contributed by atoms with van der Waals surface area (Å²) in [5, 5.41) is 2.69. The lowest BCUT2D eigenvalue weighted by Gasteiger charge is -2.18. The molecule has 11 heteroatoms. The van der Waals surface area contributed by atoms with Crippen LogP contribution < -0.4 is 9.62 Å². The fourth-order valence-electron chi connectivity index (χ4n) is 4.13. The van der Waals surface area contributed by atoms with E-state index in [1.165, 1.54) is 25.2 Å². The number of alkyl halides is 3. The van der Waals surface area contributed by atoms with E-state index in [1.54, 1.807) is 13.0 Å². The van der Waals surface area contributed by atoms with E-state index in [0.29, 0.717) is 11.1 Å². The van der Waals surface area contributed by atoms with Crippen LogP contribution in [0.3, 0.4) is 0 Å². The Balaban J connectivity index is 1.75. The van der Waals surface area contributed by atoms with Gasteiger partial charge in [0.15, 0.2) is 0 Å². The van der Waals surface area contributed by atoms with Gasteiger partial charge in [0, 0.05) is 13.6 Å². The normalized spacial score (nSPS) is 16.6. The minimum Gasteiger partial charge on any atom is -0.351 e. The Morgan fingerprint density at radius 2 is 1.94 bits per heavy atom. The zero-order chi connectivity index (χ0) is 26.5. The number of hydrogen-bond acceptors (Lipinski definition) is 3. The van der Waals surface area contributed by atoms with Crippen molar-refractivity contribution in [2.75, 3.05) is 11.4 Å². The summed E-state index contributed by atoms with van der Waals surface area (Å²) < 4.78 is 75.3. The third-order valence-electron chi connectivity index (χ3n) is 6.37. The maximum atomic E-state index is 14.4. The number of hydrogen-bond donors (Lipinski definition) is 2. The van der Waals surface area contributed by atoms with Gasteiger partial charge >= 0.3 is 6.18 Å². The molecule has 0 spiro atoms. The number of rotatable bonds is 8. The average molecular weight is 528 g/mol. The second-order valence-corrected chi connectivity index (χ2v) is 9.88. The van der Waals surface area contributed by atoms with E-state index in [9.17, 15) is 26.6 Å². The number of allylic oxidation sites excluding steroid dienone is 1. The third-order valence-corrected chi connectivity index (χ3v) is 7.04. The SMILES string of the molecule is CC(C(=O)NCc1ccc(C(F)(F)F)nc1C=CC1CCCCC1)c1ccc(N(C)S(=O)O)c(F)c1. The standard InChI is InChI=1S/C25H29F4N3O3S/c1-16(18-9-12-22(20(26)14-18)32(2)36(34)35)24(33)30-15-19-10-13-23(25(27,28)29)31-21(19)11-8-17-6-4-3-5-7-17/h8-14,16-17H,3-7,15H2,1-2H3,(H,30,33)(H,34,35). The molecule has 1 heterocycles. The van der Waals surface area contributed by atoms with Crippen molar-refractivity contribution in [1.82, 2.24) is 10.3 Å². The van der Waals surface area contributed by atoms with Crippen molar-refractivity contribution in [2.24, 2.45) is 5.92 Å². The van der Waals surface area contributed by atoms with E-state index in [2.05, 4.69) is 10.3 Å². The summed E-state index contributed by atoms with van der Waals surface area (Å²) in [6.45, 7) is 1.51. The Hall–Kier alpha value is -2.79. The predicted octanol–water partition coefficient (Wildman–Crippen LogP) is 5.83. The number of pyridine rings is 1. The van der Waals surface area contributed by atoms with Gasteiger partial charge in [0.05, 0.1) is 17.3 Å². The summed E-state index contributed by atoms with van der Waals surface area (Å²) in [6.07, 6.45) is 4.21. The van der Waals surface area contributed by atoms with Crippen LogP contribution in [0.5, 0.6) is 0 Å². The first-order valence-corrected chi connectivity index (χ1v) is 12.7. The number of amides is 1. The molecule has 1 saturated carbocycles. The molecule has 1 aliphatic carbocycles. The van der Waals surface area contributed by atoms with Gasteiger partial charge in [-0.05, 0) is 61.1 Å². The minimum absolute atomic E-state index is 0.0502. The van der Waals surface area contributed by atoms with Crippen molar-refractivity contribution in [3.8, 4) is 0 Å². The maximum Gasteiger partial charge on any atom is 0.433 e. The zero-order valence-electron chi connectivity index (χ0n) is 20.0. The summed E-state index contributed by atoms with van der Waals surface area (Å²) >= 11 is -2.40. The molecule has 0 bridgehead atoms. The quantitative estimate of drug-likeness (QED) is 0.335. The molecule has 1 aliphatic rings. The van der Waals surface area contributed by atoms with E-state index >= 15 is 0 Å². The van der Waals surface area contributed by atoms with Crippen LogP contribution in [0.2, 0.25) is 0 Å². The molecule has 0 aliphatic heterocycles. The molecule has 6 nitrogen and oxygen atoms in total. The van der Waals surface area contributed by atoms with Crippen LogP contribution in [0.4, 0.5) is 23.2 Å². The Bertz CT molecular complexity index is 1130. The summed E-state index contributed by atoms with van der Waals surface area (Å²) in [7, 11) is 1.25. The molecule has 196 valence electrons. The minimum atomic E-state index is -4.59. The van der Waals surface area contributed by atoms with Gasteiger partial charge < -0.3 is 5.32 Å². The molecule has 0 saturated heterocycles. The summed E-state index contributed by atoms with van der Waals surface area (Å²) in [5.41, 5.74) is -0.173. The summed E-state index contributed by atoms with van der Waals surface area (Å²) in [4.78, 5) is 16.5. The van der Waals surface area contributed by atoms with Crippen LogP contribution in [-0.2, 0) is 28.8 Å². The second kappa shape index (κ2) is 12.0. The van der Waals surface area contributed by atoms with Crippen LogP contribution in [0.15, 0.2) is 36.4 Å². The second-order valence-electron chi connectivity index (χ2n) is 8.87. The highest BCUT2D eigenvalue weighted by atomic mass is 32.2. The van der Waals surface area contributed by atoms with Gasteiger partial charge in [-0.3, -0.25) is 13.7 Å². The van der Waals surface area contributed by atoms with Gasteiger partial charge in [0.1, 0.15) is 11.5 Å². The fraction of sp³-hybridized carbons (Fsp3) is 0.440. The van der Waals surface area contributed by atoms with Gasteiger partial charge in [-0.15, -0.1) is 0 Å². The number of benzene rings is 1. The first kappa shape index (κ1) is 27.8. The number of nitrogens with zero attached hydrogens (tertiary/aromatic N) is 2. The van der Waals surface area contributed by atoms with Crippen molar-refractivity contribution in [2.45, 2.75) is 57.7 Å². The topological polar surface area (TPSA) is 82.5 Å². The summed E-state index contributed by atoms with van der Waals surface area (Å²) in [5.74, 6) is -1.71. The van der Waals surface area contributed by atoms with Crippen molar-refractivity contribution >= 4 is 28.9 Å². The molecule has 2 unspecified atom stereocenters. The Morgan fingerprint density at radius 1 is 1.25 bits per heavy atom. The van der Waals surface area contributed by atoms with E-state index in [4.69, 9.17) is 4.55 Å². The van der Waals surface area contributed by atoms with Gasteiger partial charge in [0.2, 0.25) is 5.91 Å². The smallest absolute Gasteiger partial charge is 0.351 e. The molecular formula is C25H29F4N3O3S. The highest BCUT2D eigenvalue weighted by Crippen LogP contribution is 2.30. The monoisotopic (exact) mass is 527 g/mol. The van der Waals surface area contributed by atoms with Gasteiger partial charge in [-0.25, -0.2) is 13.6 Å². The van der Waals surface area contributed by atoms with Gasteiger partial charge in [-0.1, -0.05) is 37.5 Å². The highest BCUT2D eigenvalue weighted by Gasteiger charge is 2.33. The van der Waals surface area contributed by atoms with Crippen molar-refractivity contribution < 1.29 is 31.1 Å². The van der Waals surface area contributed by atoms with E-state index in [1.807, 2.05) is 6.08 Å². The lowest BCUT2D eigenvalue weighted by molar-refractivity contribution is -0.141. The van der Waals surface area contributed by atoms with Crippen LogP contribution in [-0.4, -0.2) is 26.7 Å². The molecule has 36 heavy (non-hydrogen) atoms. The molecule has 0 radical (unpaired) electrons. The Kier molecular flexibility index (Phi) is 9.24. The molecule has 1 fully saturated rings. The molecule has 2 aromatic rings. The van der Waals surface area contributed by atoms with Gasteiger partial charge in [-0.2, -0.15) is 13.2 Å². The number of nitrogens with one attached hydrogen (secondary N) is 1. The molecule has 3 rings (SSSR count). The molecule has 2 atom stereocenters. The third kappa shape index (κ3) is 7.13. The van der Waals surface area contributed by atoms with Crippen LogP contribution in [0.25, 0.3) is 6.08 Å². The van der Waals surface area contributed by atoms with E-state index < -0.39 is 40.8 Å². The number of aromatic nitrogens is 1. The maximum absolute atomic E-state index is 14.4. The number of carbonyl (C=O) groups excluding carboxylic acids is 1. The Morgan fingerprint density at radius 3 is 2.56 bits per heavy atom. The lowest BCUT2D eigenvalue weighted by Crippen LogP contribution is -2.28. The lowest BCUT2D eigenvalue weighted by atomic mass is 9.89. The first-order valence-electron chi connectivity index (χ1n) is 11.6. The molecule has 1 aromatic carbocycles. The summed E-state index contributed by atoms with van der Waals surface area (Å²) in [6, 6.07) is 6.08. The van der Waals surface area contributed by atoms with Crippen molar-refractivity contribution in [3.05, 3.63) is 64.7 Å². The molecule has 1 aromatic heterocycles. The first-order chi connectivity index (χ1) is 17.0. The van der Waals surface area contributed by atoms with Crippen LogP contribution in [0.1, 0.15) is 67.5 Å². The molecule has 1 amide bonds.